The lowest BCUT2D eigenvalue weighted by Crippen LogP contribution is -2.51. The first-order valence-electron chi connectivity index (χ1n) is 8.93. The van der Waals surface area contributed by atoms with E-state index in [4.69, 9.17) is 9.47 Å². The normalized spacial score (nSPS) is 14.9. The monoisotopic (exact) mass is 392 g/mol. The van der Waals surface area contributed by atoms with Crippen molar-refractivity contribution < 1.29 is 28.2 Å². The second-order valence-corrected chi connectivity index (χ2v) is 7.34. The van der Waals surface area contributed by atoms with E-state index in [0.29, 0.717) is 31.9 Å². The molecular weight excluding hydrogens is 367 g/mol. The van der Waals surface area contributed by atoms with E-state index in [1.807, 2.05) is 0 Å². The standard InChI is InChI=1S/C20H25FN2O5/c1-20(2,3)28-19(26)23-11-9-22(10-12-23)18(25)8-7-17(24)15-6-5-14(27-4)13-16(15)21/h5-8,13H,9-12H2,1-4H3/b8-7+. The molecule has 1 aromatic rings. The minimum absolute atomic E-state index is 0.139. The number of piperazine rings is 1. The van der Waals surface area contributed by atoms with Crippen LogP contribution in [0.15, 0.2) is 30.4 Å². The quantitative estimate of drug-likeness (QED) is 0.582. The third kappa shape index (κ3) is 5.80. The summed E-state index contributed by atoms with van der Waals surface area (Å²) in [5.41, 5.74) is -0.719. The number of hydrogen-bond donors (Lipinski definition) is 0. The summed E-state index contributed by atoms with van der Waals surface area (Å²) in [6.07, 6.45) is 1.75. The fraction of sp³-hybridized carbons (Fsp3) is 0.450. The van der Waals surface area contributed by atoms with Gasteiger partial charge in [0.1, 0.15) is 17.2 Å². The number of allylic oxidation sites excluding steroid dienone is 1. The van der Waals surface area contributed by atoms with Gasteiger partial charge in [-0.1, -0.05) is 0 Å². The maximum Gasteiger partial charge on any atom is 0.410 e. The number of nitrogens with zero attached hydrogens (tertiary/aromatic N) is 2. The van der Waals surface area contributed by atoms with Crippen molar-refractivity contribution in [2.24, 2.45) is 0 Å². The number of carbonyl (C=O) groups is 3. The molecule has 0 spiro atoms. The summed E-state index contributed by atoms with van der Waals surface area (Å²) < 4.78 is 24.1. The van der Waals surface area contributed by atoms with Crippen molar-refractivity contribution in [1.29, 1.82) is 0 Å². The molecule has 2 rings (SSSR count). The zero-order chi connectivity index (χ0) is 20.9. The van der Waals surface area contributed by atoms with Gasteiger partial charge >= 0.3 is 6.09 Å². The number of ether oxygens (including phenoxy) is 2. The molecule has 7 nitrogen and oxygen atoms in total. The Bertz CT molecular complexity index is 777. The maximum absolute atomic E-state index is 13.9. The summed E-state index contributed by atoms with van der Waals surface area (Å²) in [4.78, 5) is 39.5. The number of rotatable bonds is 4. The molecule has 0 unspecified atom stereocenters. The first-order chi connectivity index (χ1) is 13.1. The molecule has 152 valence electrons. The number of halogens is 1. The zero-order valence-corrected chi connectivity index (χ0v) is 16.5. The smallest absolute Gasteiger partial charge is 0.410 e. The van der Waals surface area contributed by atoms with Crippen molar-refractivity contribution in [3.63, 3.8) is 0 Å². The van der Waals surface area contributed by atoms with Gasteiger partial charge in [0, 0.05) is 38.3 Å². The van der Waals surface area contributed by atoms with Gasteiger partial charge in [-0.25, -0.2) is 9.18 Å². The number of amides is 2. The van der Waals surface area contributed by atoms with Crippen LogP contribution in [0.3, 0.4) is 0 Å². The van der Waals surface area contributed by atoms with E-state index in [2.05, 4.69) is 0 Å². The van der Waals surface area contributed by atoms with E-state index in [-0.39, 0.29) is 11.5 Å². The summed E-state index contributed by atoms with van der Waals surface area (Å²) in [5.74, 6) is -1.39. The van der Waals surface area contributed by atoms with Gasteiger partial charge in [-0.3, -0.25) is 9.59 Å². The molecule has 0 aliphatic carbocycles. The number of hydrogen-bond acceptors (Lipinski definition) is 5. The second kappa shape index (κ2) is 8.86. The highest BCUT2D eigenvalue weighted by molar-refractivity contribution is 6.07. The molecule has 28 heavy (non-hydrogen) atoms. The molecule has 0 aromatic heterocycles. The first-order valence-corrected chi connectivity index (χ1v) is 8.93. The molecule has 8 heteroatoms. The lowest BCUT2D eigenvalue weighted by Gasteiger charge is -2.35. The molecule has 0 atom stereocenters. The van der Waals surface area contributed by atoms with Crippen LogP contribution in [-0.4, -0.2) is 66.5 Å². The van der Waals surface area contributed by atoms with Crippen LogP contribution in [0.5, 0.6) is 5.75 Å². The van der Waals surface area contributed by atoms with Gasteiger partial charge in [0.25, 0.3) is 0 Å². The first kappa shape index (κ1) is 21.4. The average molecular weight is 392 g/mol. The van der Waals surface area contributed by atoms with Crippen molar-refractivity contribution >= 4 is 17.8 Å². The summed E-state index contributed by atoms with van der Waals surface area (Å²) in [5, 5.41) is 0. The molecule has 0 radical (unpaired) electrons. The topological polar surface area (TPSA) is 76.2 Å². The molecule has 2 amide bonds. The van der Waals surface area contributed by atoms with Crippen LogP contribution < -0.4 is 4.74 Å². The van der Waals surface area contributed by atoms with E-state index in [1.165, 1.54) is 29.0 Å². The number of ketones is 1. The highest BCUT2D eigenvalue weighted by atomic mass is 19.1. The Hall–Kier alpha value is -2.90. The van der Waals surface area contributed by atoms with Crippen molar-refractivity contribution in [3.8, 4) is 5.75 Å². The fourth-order valence-electron chi connectivity index (χ4n) is 2.60. The third-order valence-corrected chi connectivity index (χ3v) is 4.06. The van der Waals surface area contributed by atoms with Crippen LogP contribution in [0, 0.1) is 5.82 Å². The van der Waals surface area contributed by atoms with Crippen molar-refractivity contribution in [2.45, 2.75) is 26.4 Å². The Labute approximate surface area is 163 Å². The molecule has 0 bridgehead atoms. The van der Waals surface area contributed by atoms with Crippen LogP contribution >= 0.6 is 0 Å². The maximum atomic E-state index is 13.9. The molecule has 0 N–H and O–H groups in total. The Kier molecular flexibility index (Phi) is 6.77. The van der Waals surface area contributed by atoms with Gasteiger partial charge in [-0.05, 0) is 39.0 Å². The van der Waals surface area contributed by atoms with Crippen LogP contribution in [0.1, 0.15) is 31.1 Å². The largest absolute Gasteiger partial charge is 0.497 e. The van der Waals surface area contributed by atoms with E-state index in [9.17, 15) is 18.8 Å². The molecule has 1 aliphatic heterocycles. The molecule has 1 aromatic carbocycles. The molecule has 1 saturated heterocycles. The van der Waals surface area contributed by atoms with E-state index in [0.717, 1.165) is 18.2 Å². The van der Waals surface area contributed by atoms with Crippen molar-refractivity contribution in [2.75, 3.05) is 33.3 Å². The van der Waals surface area contributed by atoms with E-state index in [1.54, 1.807) is 20.8 Å². The Morgan fingerprint density at radius 3 is 2.18 bits per heavy atom. The van der Waals surface area contributed by atoms with Gasteiger partial charge < -0.3 is 19.3 Å². The number of carbonyl (C=O) groups excluding carboxylic acids is 3. The van der Waals surface area contributed by atoms with Gasteiger partial charge in [0.2, 0.25) is 5.91 Å². The van der Waals surface area contributed by atoms with Gasteiger partial charge in [0.05, 0.1) is 12.7 Å². The fourth-order valence-corrected chi connectivity index (χ4v) is 2.60. The van der Waals surface area contributed by atoms with Crippen LogP contribution in [0.4, 0.5) is 9.18 Å². The summed E-state index contributed by atoms with van der Waals surface area (Å²) in [6.45, 7) is 6.71. The number of methoxy groups -OCH3 is 1. The third-order valence-electron chi connectivity index (χ3n) is 4.06. The summed E-state index contributed by atoms with van der Waals surface area (Å²) in [7, 11) is 1.40. The van der Waals surface area contributed by atoms with Crippen LogP contribution in [-0.2, 0) is 9.53 Å². The minimum Gasteiger partial charge on any atom is -0.497 e. The molecule has 1 heterocycles. The van der Waals surface area contributed by atoms with Crippen LogP contribution in [0.25, 0.3) is 0 Å². The Morgan fingerprint density at radius 2 is 1.64 bits per heavy atom. The molecule has 1 fully saturated rings. The summed E-state index contributed by atoms with van der Waals surface area (Å²) in [6, 6.07) is 3.89. The lowest BCUT2D eigenvalue weighted by atomic mass is 10.1. The van der Waals surface area contributed by atoms with Gasteiger partial charge in [0.15, 0.2) is 5.78 Å². The highest BCUT2D eigenvalue weighted by Gasteiger charge is 2.27. The Balaban J connectivity index is 1.90. The van der Waals surface area contributed by atoms with Crippen molar-refractivity contribution in [1.82, 2.24) is 9.80 Å². The van der Waals surface area contributed by atoms with Crippen LogP contribution in [0.2, 0.25) is 0 Å². The van der Waals surface area contributed by atoms with E-state index < -0.39 is 23.3 Å². The lowest BCUT2D eigenvalue weighted by molar-refractivity contribution is -0.127. The zero-order valence-electron chi connectivity index (χ0n) is 16.5. The molecular formula is C20H25FN2O5. The van der Waals surface area contributed by atoms with Gasteiger partial charge in [-0.2, -0.15) is 0 Å². The molecule has 1 aliphatic rings. The SMILES string of the molecule is COc1ccc(C(=O)/C=C/C(=O)N2CCN(C(=O)OC(C)(C)C)CC2)c(F)c1. The summed E-state index contributed by atoms with van der Waals surface area (Å²) >= 11 is 0. The van der Waals surface area contributed by atoms with E-state index >= 15 is 0 Å². The predicted octanol–water partition coefficient (Wildman–Crippen LogP) is 2.65. The predicted molar refractivity (Wildman–Crippen MR) is 101 cm³/mol. The highest BCUT2D eigenvalue weighted by Crippen LogP contribution is 2.17. The Morgan fingerprint density at radius 1 is 1.04 bits per heavy atom. The second-order valence-electron chi connectivity index (χ2n) is 7.34. The van der Waals surface area contributed by atoms with Crippen molar-refractivity contribution in [3.05, 3.63) is 41.7 Å². The minimum atomic E-state index is -0.715. The average Bonchev–Trinajstić information content (AvgIpc) is 2.64. The van der Waals surface area contributed by atoms with Gasteiger partial charge in [-0.15, -0.1) is 0 Å². The molecule has 0 saturated carbocycles. The number of benzene rings is 1.